The highest BCUT2D eigenvalue weighted by molar-refractivity contribution is 6.33. The van der Waals surface area contributed by atoms with Crippen LogP contribution in [0.2, 0.25) is 5.02 Å². The standard InChI is InChI=1S/C14H18ClNO/c1-14(2)7-3-4-10(14)13(17)9-5-6-12(16)11(15)8-9/h5-6,8,10H,3-4,7,16H2,1-2H3. The van der Waals surface area contributed by atoms with Crippen molar-refractivity contribution in [2.75, 3.05) is 5.73 Å². The average molecular weight is 252 g/mol. The number of benzene rings is 1. The number of rotatable bonds is 2. The zero-order valence-corrected chi connectivity index (χ0v) is 11.1. The molecule has 0 amide bonds. The molecule has 0 saturated heterocycles. The fraction of sp³-hybridized carbons (Fsp3) is 0.500. The van der Waals surface area contributed by atoms with E-state index in [9.17, 15) is 4.79 Å². The Kier molecular flexibility index (Phi) is 3.17. The van der Waals surface area contributed by atoms with Gasteiger partial charge in [0, 0.05) is 11.5 Å². The van der Waals surface area contributed by atoms with E-state index >= 15 is 0 Å². The normalized spacial score (nSPS) is 22.6. The van der Waals surface area contributed by atoms with Crippen molar-refractivity contribution < 1.29 is 4.79 Å². The number of nitrogens with two attached hydrogens (primary N) is 1. The molecule has 0 radical (unpaired) electrons. The fourth-order valence-corrected chi connectivity index (χ4v) is 2.87. The Morgan fingerprint density at radius 1 is 1.47 bits per heavy atom. The highest BCUT2D eigenvalue weighted by Gasteiger charge is 2.39. The van der Waals surface area contributed by atoms with E-state index in [-0.39, 0.29) is 17.1 Å². The molecule has 1 saturated carbocycles. The van der Waals surface area contributed by atoms with Crippen LogP contribution in [0.3, 0.4) is 0 Å². The molecule has 2 rings (SSSR count). The van der Waals surface area contributed by atoms with E-state index in [2.05, 4.69) is 13.8 Å². The van der Waals surface area contributed by atoms with Gasteiger partial charge in [-0.25, -0.2) is 0 Å². The predicted molar refractivity (Wildman–Crippen MR) is 71.3 cm³/mol. The number of nitrogen functional groups attached to an aromatic ring is 1. The summed E-state index contributed by atoms with van der Waals surface area (Å²) in [5.41, 5.74) is 6.96. The number of carbonyl (C=O) groups is 1. The maximum absolute atomic E-state index is 12.4. The van der Waals surface area contributed by atoms with Crippen LogP contribution in [0.1, 0.15) is 43.5 Å². The number of halogens is 1. The van der Waals surface area contributed by atoms with Crippen LogP contribution in [0.25, 0.3) is 0 Å². The molecule has 1 unspecified atom stereocenters. The molecule has 0 spiro atoms. The van der Waals surface area contributed by atoms with Crippen molar-refractivity contribution in [1.29, 1.82) is 0 Å². The number of ketones is 1. The molecule has 0 aromatic heterocycles. The first-order valence-corrected chi connectivity index (χ1v) is 6.39. The lowest BCUT2D eigenvalue weighted by Crippen LogP contribution is -2.25. The summed E-state index contributed by atoms with van der Waals surface area (Å²) in [6, 6.07) is 5.17. The number of carbonyl (C=O) groups excluding carboxylic acids is 1. The van der Waals surface area contributed by atoms with E-state index in [0.717, 1.165) is 19.3 Å². The third kappa shape index (κ3) is 2.32. The SMILES string of the molecule is CC1(C)CCCC1C(=O)c1ccc(N)c(Cl)c1. The third-order valence-electron chi connectivity index (χ3n) is 3.86. The lowest BCUT2D eigenvalue weighted by atomic mass is 9.78. The van der Waals surface area contributed by atoms with Crippen LogP contribution in [0.4, 0.5) is 5.69 Å². The number of hydrogen-bond acceptors (Lipinski definition) is 2. The predicted octanol–water partition coefficient (Wildman–Crippen LogP) is 3.93. The van der Waals surface area contributed by atoms with Gasteiger partial charge >= 0.3 is 0 Å². The first-order valence-electron chi connectivity index (χ1n) is 6.01. The summed E-state index contributed by atoms with van der Waals surface area (Å²) in [6.45, 7) is 4.34. The summed E-state index contributed by atoms with van der Waals surface area (Å²) in [5.74, 6) is 0.316. The molecule has 92 valence electrons. The van der Waals surface area contributed by atoms with Crippen molar-refractivity contribution in [1.82, 2.24) is 0 Å². The van der Waals surface area contributed by atoms with Gasteiger partial charge in [-0.3, -0.25) is 4.79 Å². The molecular weight excluding hydrogens is 234 g/mol. The van der Waals surface area contributed by atoms with Crippen molar-refractivity contribution in [2.45, 2.75) is 33.1 Å². The van der Waals surface area contributed by atoms with Crippen molar-refractivity contribution in [2.24, 2.45) is 11.3 Å². The Morgan fingerprint density at radius 3 is 2.71 bits per heavy atom. The lowest BCUT2D eigenvalue weighted by molar-refractivity contribution is 0.0839. The molecule has 1 aromatic carbocycles. The van der Waals surface area contributed by atoms with Gasteiger partial charge in [-0.05, 0) is 36.5 Å². The van der Waals surface area contributed by atoms with Gasteiger partial charge in [-0.2, -0.15) is 0 Å². The van der Waals surface area contributed by atoms with Crippen LogP contribution >= 0.6 is 11.6 Å². The minimum Gasteiger partial charge on any atom is -0.398 e. The molecule has 2 nitrogen and oxygen atoms in total. The second-order valence-corrected chi connectivity index (χ2v) is 5.94. The van der Waals surface area contributed by atoms with Crippen molar-refractivity contribution in [3.05, 3.63) is 28.8 Å². The second kappa shape index (κ2) is 4.34. The van der Waals surface area contributed by atoms with Crippen LogP contribution < -0.4 is 5.73 Å². The molecule has 2 N–H and O–H groups in total. The summed E-state index contributed by atoms with van der Waals surface area (Å²) in [4.78, 5) is 12.4. The van der Waals surface area contributed by atoms with Crippen molar-refractivity contribution >= 4 is 23.1 Å². The summed E-state index contributed by atoms with van der Waals surface area (Å²) < 4.78 is 0. The Balaban J connectivity index is 2.28. The average Bonchev–Trinajstić information content (AvgIpc) is 2.61. The van der Waals surface area contributed by atoms with Crippen LogP contribution in [-0.4, -0.2) is 5.78 Å². The molecule has 1 fully saturated rings. The smallest absolute Gasteiger partial charge is 0.166 e. The van der Waals surface area contributed by atoms with Gasteiger partial charge in [0.05, 0.1) is 10.7 Å². The molecule has 1 aliphatic carbocycles. The number of Topliss-reactive ketones (excluding diaryl/α,β-unsaturated/α-hetero) is 1. The Hall–Kier alpha value is -1.02. The van der Waals surface area contributed by atoms with Gasteiger partial charge in [0.25, 0.3) is 0 Å². The first-order chi connectivity index (χ1) is 7.92. The van der Waals surface area contributed by atoms with E-state index < -0.39 is 0 Å². The summed E-state index contributed by atoms with van der Waals surface area (Å²) in [7, 11) is 0. The Bertz CT molecular complexity index is 454. The van der Waals surface area contributed by atoms with Crippen LogP contribution in [-0.2, 0) is 0 Å². The van der Waals surface area contributed by atoms with Crippen LogP contribution in [0, 0.1) is 11.3 Å². The zero-order chi connectivity index (χ0) is 12.6. The monoisotopic (exact) mass is 251 g/mol. The van der Waals surface area contributed by atoms with Crippen LogP contribution in [0.15, 0.2) is 18.2 Å². The molecule has 17 heavy (non-hydrogen) atoms. The maximum atomic E-state index is 12.4. The van der Waals surface area contributed by atoms with Gasteiger partial charge in [-0.15, -0.1) is 0 Å². The molecule has 0 bridgehead atoms. The van der Waals surface area contributed by atoms with Gasteiger partial charge < -0.3 is 5.73 Å². The number of anilines is 1. The first kappa shape index (κ1) is 12.4. The van der Waals surface area contributed by atoms with E-state index in [1.807, 2.05) is 0 Å². The van der Waals surface area contributed by atoms with E-state index in [1.165, 1.54) is 0 Å². The van der Waals surface area contributed by atoms with E-state index in [1.54, 1.807) is 18.2 Å². The molecule has 1 aliphatic rings. The minimum atomic E-state index is 0.102. The van der Waals surface area contributed by atoms with Crippen molar-refractivity contribution in [3.63, 3.8) is 0 Å². The summed E-state index contributed by atoms with van der Waals surface area (Å²) in [6.07, 6.45) is 3.23. The summed E-state index contributed by atoms with van der Waals surface area (Å²) >= 11 is 5.96. The largest absolute Gasteiger partial charge is 0.398 e. The highest BCUT2D eigenvalue weighted by atomic mass is 35.5. The van der Waals surface area contributed by atoms with Crippen molar-refractivity contribution in [3.8, 4) is 0 Å². The Morgan fingerprint density at radius 2 is 2.18 bits per heavy atom. The molecule has 0 aliphatic heterocycles. The van der Waals surface area contributed by atoms with E-state index in [4.69, 9.17) is 17.3 Å². The second-order valence-electron chi connectivity index (χ2n) is 5.53. The Labute approximate surface area is 107 Å². The molecule has 1 atom stereocenters. The molecule has 1 aromatic rings. The molecular formula is C14H18ClNO. The quantitative estimate of drug-likeness (QED) is 0.639. The third-order valence-corrected chi connectivity index (χ3v) is 4.19. The highest BCUT2D eigenvalue weighted by Crippen LogP contribution is 2.44. The lowest BCUT2D eigenvalue weighted by Gasteiger charge is -2.25. The van der Waals surface area contributed by atoms with Crippen LogP contribution in [0.5, 0.6) is 0 Å². The number of hydrogen-bond donors (Lipinski definition) is 1. The maximum Gasteiger partial charge on any atom is 0.166 e. The summed E-state index contributed by atoms with van der Waals surface area (Å²) in [5, 5.41) is 0.464. The van der Waals surface area contributed by atoms with E-state index in [0.29, 0.717) is 16.3 Å². The van der Waals surface area contributed by atoms with Gasteiger partial charge in [0.2, 0.25) is 0 Å². The topological polar surface area (TPSA) is 43.1 Å². The zero-order valence-electron chi connectivity index (χ0n) is 10.3. The van der Waals surface area contributed by atoms with Gasteiger partial charge in [0.1, 0.15) is 0 Å². The van der Waals surface area contributed by atoms with Gasteiger partial charge in [-0.1, -0.05) is 31.9 Å². The minimum absolute atomic E-state index is 0.102. The van der Waals surface area contributed by atoms with Gasteiger partial charge in [0.15, 0.2) is 5.78 Å². The molecule has 0 heterocycles. The molecule has 3 heteroatoms. The fourth-order valence-electron chi connectivity index (χ4n) is 2.69.